The van der Waals surface area contributed by atoms with Crippen LogP contribution in [0.4, 0.5) is 13.2 Å². The van der Waals surface area contributed by atoms with Gasteiger partial charge >= 0.3 is 12.0 Å². The monoisotopic (exact) mass is 225 g/mol. The van der Waals surface area contributed by atoms with Gasteiger partial charge in [-0.05, 0) is 0 Å². The van der Waals surface area contributed by atoms with Crippen LogP contribution in [0, 0.1) is 0 Å². The normalized spacial score (nSPS) is 9.53. The predicted octanol–water partition coefficient (Wildman–Crippen LogP) is 1.44. The van der Waals surface area contributed by atoms with Crippen molar-refractivity contribution in [2.45, 2.75) is 19.3 Å². The summed E-state index contributed by atoms with van der Waals surface area (Å²) < 4.78 is 35.2. The van der Waals surface area contributed by atoms with Gasteiger partial charge in [0.05, 0.1) is 6.42 Å². The third-order valence-electron chi connectivity index (χ3n) is 1.44. The quantitative estimate of drug-likeness (QED) is 0.718. The van der Waals surface area contributed by atoms with E-state index in [9.17, 15) is 22.8 Å². The second-order valence-corrected chi connectivity index (χ2v) is 2.66. The number of rotatable bonds is 6. The number of carbonyl (C=O) groups is 2. The average molecular weight is 225 g/mol. The van der Waals surface area contributed by atoms with E-state index in [1.54, 1.807) is 0 Å². The Balaban J connectivity index is 3.65. The number of halogens is 3. The lowest BCUT2D eigenvalue weighted by molar-refractivity contribution is -0.138. The average Bonchev–Trinajstić information content (AvgIpc) is 2.14. The SMILES string of the molecule is O=C(O)CCC(=O)NCCC(F)=C(F)F. The molecule has 0 aromatic rings. The van der Waals surface area contributed by atoms with Gasteiger partial charge in [-0.15, -0.1) is 0 Å². The zero-order valence-electron chi connectivity index (χ0n) is 7.73. The number of amides is 1. The summed E-state index contributed by atoms with van der Waals surface area (Å²) in [6, 6.07) is 0. The molecule has 0 bridgehead atoms. The van der Waals surface area contributed by atoms with Gasteiger partial charge in [0.25, 0.3) is 0 Å². The highest BCUT2D eigenvalue weighted by atomic mass is 19.3. The minimum atomic E-state index is -2.41. The Morgan fingerprint density at radius 1 is 1.07 bits per heavy atom. The largest absolute Gasteiger partial charge is 0.481 e. The molecular weight excluding hydrogens is 215 g/mol. The Kier molecular flexibility index (Phi) is 6.16. The van der Waals surface area contributed by atoms with E-state index < -0.39 is 30.2 Å². The lowest BCUT2D eigenvalue weighted by Gasteiger charge is -2.02. The molecule has 0 radical (unpaired) electrons. The molecule has 0 fully saturated rings. The van der Waals surface area contributed by atoms with Gasteiger partial charge in [0, 0.05) is 19.4 Å². The maximum atomic E-state index is 12.2. The van der Waals surface area contributed by atoms with E-state index in [2.05, 4.69) is 5.32 Å². The van der Waals surface area contributed by atoms with Gasteiger partial charge < -0.3 is 10.4 Å². The molecule has 0 aromatic heterocycles. The van der Waals surface area contributed by atoms with Gasteiger partial charge in [0.1, 0.15) is 0 Å². The smallest absolute Gasteiger partial charge is 0.303 e. The Morgan fingerprint density at radius 2 is 1.67 bits per heavy atom. The highest BCUT2D eigenvalue weighted by molar-refractivity contribution is 5.80. The van der Waals surface area contributed by atoms with E-state index in [1.807, 2.05) is 0 Å². The van der Waals surface area contributed by atoms with Gasteiger partial charge in [-0.2, -0.15) is 8.78 Å². The molecule has 0 saturated heterocycles. The van der Waals surface area contributed by atoms with Crippen molar-refractivity contribution in [2.24, 2.45) is 0 Å². The molecule has 0 unspecified atom stereocenters. The Labute approximate surface area is 83.8 Å². The summed E-state index contributed by atoms with van der Waals surface area (Å²) in [5.41, 5.74) is 0. The molecule has 0 spiro atoms. The fourth-order valence-electron chi connectivity index (χ4n) is 0.715. The second kappa shape index (κ2) is 6.86. The molecule has 7 heteroatoms. The third kappa shape index (κ3) is 7.53. The highest BCUT2D eigenvalue weighted by Gasteiger charge is 2.07. The summed E-state index contributed by atoms with van der Waals surface area (Å²) in [6.45, 7) is -0.276. The second-order valence-electron chi connectivity index (χ2n) is 2.66. The first-order valence-electron chi connectivity index (χ1n) is 4.11. The van der Waals surface area contributed by atoms with Crippen molar-refractivity contribution in [2.75, 3.05) is 6.54 Å². The minimum absolute atomic E-state index is 0.251. The van der Waals surface area contributed by atoms with Gasteiger partial charge in [-0.25, -0.2) is 4.39 Å². The van der Waals surface area contributed by atoms with Crippen molar-refractivity contribution in [1.82, 2.24) is 5.32 Å². The third-order valence-corrected chi connectivity index (χ3v) is 1.44. The van der Waals surface area contributed by atoms with Crippen molar-refractivity contribution in [3.05, 3.63) is 11.9 Å². The molecule has 0 aliphatic rings. The van der Waals surface area contributed by atoms with E-state index in [0.717, 1.165) is 0 Å². The molecule has 0 aliphatic carbocycles. The van der Waals surface area contributed by atoms with Crippen molar-refractivity contribution in [3.63, 3.8) is 0 Å². The Morgan fingerprint density at radius 3 is 2.13 bits per heavy atom. The number of hydrogen-bond acceptors (Lipinski definition) is 2. The molecule has 15 heavy (non-hydrogen) atoms. The summed E-state index contributed by atoms with van der Waals surface area (Å²) in [5.74, 6) is -3.32. The maximum absolute atomic E-state index is 12.2. The van der Waals surface area contributed by atoms with Crippen LogP contribution in [0.3, 0.4) is 0 Å². The summed E-state index contributed by atoms with van der Waals surface area (Å²) in [7, 11) is 0. The van der Waals surface area contributed by atoms with Crippen LogP contribution >= 0.6 is 0 Å². The number of carbonyl (C=O) groups excluding carboxylic acids is 1. The highest BCUT2D eigenvalue weighted by Crippen LogP contribution is 2.11. The Hall–Kier alpha value is -1.53. The van der Waals surface area contributed by atoms with Crippen LogP contribution in [0.25, 0.3) is 0 Å². The van der Waals surface area contributed by atoms with Gasteiger partial charge in [-0.3, -0.25) is 9.59 Å². The van der Waals surface area contributed by atoms with Crippen LogP contribution < -0.4 is 5.32 Å². The molecule has 0 rings (SSSR count). The molecule has 4 nitrogen and oxygen atoms in total. The molecule has 1 amide bonds. The Bertz CT molecular complexity index is 274. The molecule has 86 valence electrons. The first-order valence-corrected chi connectivity index (χ1v) is 4.11. The van der Waals surface area contributed by atoms with Crippen molar-refractivity contribution >= 4 is 11.9 Å². The van der Waals surface area contributed by atoms with Crippen molar-refractivity contribution in [1.29, 1.82) is 0 Å². The number of hydrogen-bond donors (Lipinski definition) is 2. The zero-order valence-corrected chi connectivity index (χ0v) is 7.73. The molecule has 0 saturated carbocycles. The maximum Gasteiger partial charge on any atom is 0.303 e. The van der Waals surface area contributed by atoms with Crippen LogP contribution in [-0.2, 0) is 9.59 Å². The van der Waals surface area contributed by atoms with E-state index in [4.69, 9.17) is 5.11 Å². The number of aliphatic carboxylic acids is 1. The minimum Gasteiger partial charge on any atom is -0.481 e. The zero-order chi connectivity index (χ0) is 11.8. The number of carboxylic acids is 1. The number of nitrogens with one attached hydrogen (secondary N) is 1. The fraction of sp³-hybridized carbons (Fsp3) is 0.500. The molecule has 0 aliphatic heterocycles. The lowest BCUT2D eigenvalue weighted by Crippen LogP contribution is -2.24. The van der Waals surface area contributed by atoms with Crippen LogP contribution in [-0.4, -0.2) is 23.5 Å². The summed E-state index contributed by atoms with van der Waals surface area (Å²) >= 11 is 0. The van der Waals surface area contributed by atoms with Gasteiger partial charge in [0.2, 0.25) is 5.91 Å². The number of carboxylic acid groups (broad SMARTS) is 1. The van der Waals surface area contributed by atoms with Crippen molar-refractivity contribution in [3.8, 4) is 0 Å². The molecule has 0 aromatic carbocycles. The predicted molar refractivity (Wildman–Crippen MR) is 44.8 cm³/mol. The summed E-state index contributed by atoms with van der Waals surface area (Å²) in [5, 5.41) is 10.3. The molecule has 2 N–H and O–H groups in total. The lowest BCUT2D eigenvalue weighted by atomic mass is 10.3. The van der Waals surface area contributed by atoms with E-state index >= 15 is 0 Å². The topological polar surface area (TPSA) is 66.4 Å². The van der Waals surface area contributed by atoms with Crippen LogP contribution in [0.1, 0.15) is 19.3 Å². The summed E-state index contributed by atoms with van der Waals surface area (Å²) in [6.07, 6.45) is -3.60. The van der Waals surface area contributed by atoms with Gasteiger partial charge in [-0.1, -0.05) is 0 Å². The van der Waals surface area contributed by atoms with Gasteiger partial charge in [0.15, 0.2) is 5.83 Å². The van der Waals surface area contributed by atoms with Crippen LogP contribution in [0.5, 0.6) is 0 Å². The van der Waals surface area contributed by atoms with E-state index in [1.165, 1.54) is 0 Å². The van der Waals surface area contributed by atoms with E-state index in [0.29, 0.717) is 0 Å². The van der Waals surface area contributed by atoms with Crippen LogP contribution in [0.2, 0.25) is 0 Å². The van der Waals surface area contributed by atoms with Crippen molar-refractivity contribution < 1.29 is 27.9 Å². The first kappa shape index (κ1) is 13.5. The van der Waals surface area contributed by atoms with Crippen LogP contribution in [0.15, 0.2) is 11.9 Å². The molecule has 0 heterocycles. The summed E-state index contributed by atoms with van der Waals surface area (Å²) in [4.78, 5) is 20.8. The standard InChI is InChI=1S/C8H10F3NO3/c9-5(8(10)11)3-4-12-6(13)1-2-7(14)15/h1-4H2,(H,12,13)(H,14,15). The fourth-order valence-corrected chi connectivity index (χ4v) is 0.715. The molecule has 0 atom stereocenters. The first-order chi connectivity index (χ1) is 6.93. The molecular formula is C8H10F3NO3. The van der Waals surface area contributed by atoms with E-state index in [-0.39, 0.29) is 19.4 Å².